The summed E-state index contributed by atoms with van der Waals surface area (Å²) in [7, 11) is -3.91. The maximum Gasteiger partial charge on any atom is 0.346 e. The van der Waals surface area contributed by atoms with Gasteiger partial charge in [-0.05, 0) is 13.8 Å². The van der Waals surface area contributed by atoms with Gasteiger partial charge in [0.1, 0.15) is 6.29 Å². The molecule has 4 nitrogen and oxygen atoms in total. The number of hydrogen-bond acceptors (Lipinski definition) is 2. The minimum atomic E-state index is -3.91. The lowest BCUT2D eigenvalue weighted by Gasteiger charge is -1.97. The van der Waals surface area contributed by atoms with E-state index < -0.39 is 13.9 Å². The topological polar surface area (TPSA) is 69.9 Å². The highest BCUT2D eigenvalue weighted by molar-refractivity contribution is 7.51. The van der Waals surface area contributed by atoms with Crippen molar-refractivity contribution in [3.63, 3.8) is 0 Å². The molecule has 0 aromatic rings. The first-order valence-electron chi connectivity index (χ1n) is 2.44. The van der Waals surface area contributed by atoms with Gasteiger partial charge in [0.2, 0.25) is 0 Å². The van der Waals surface area contributed by atoms with E-state index in [0.717, 1.165) is 0 Å². The van der Waals surface area contributed by atoms with Gasteiger partial charge in [-0.1, -0.05) is 0 Å². The molecule has 0 aromatic carbocycles. The molecule has 0 saturated carbocycles. The van der Waals surface area contributed by atoms with Gasteiger partial charge in [-0.25, -0.2) is 0 Å². The van der Waals surface area contributed by atoms with Crippen molar-refractivity contribution >= 4 is 13.3 Å². The van der Waals surface area contributed by atoms with Gasteiger partial charge >= 0.3 is 7.60 Å². The van der Waals surface area contributed by atoms with Crippen molar-refractivity contribution in [2.75, 3.05) is 6.29 Å². The molecule has 0 heterocycles. The molecular weight excluding hydrogens is 141 g/mol. The Balaban J connectivity index is 3.79. The van der Waals surface area contributed by atoms with Crippen molar-refractivity contribution < 1.29 is 14.4 Å². The van der Waals surface area contributed by atoms with Crippen molar-refractivity contribution in [1.29, 1.82) is 0 Å². The molecular formula is C4H10NO3P. The van der Waals surface area contributed by atoms with Crippen LogP contribution in [0.5, 0.6) is 0 Å². The number of aliphatic imine (C=N–C) groups is 1. The van der Waals surface area contributed by atoms with Crippen LogP contribution in [0.4, 0.5) is 0 Å². The smallest absolute Gasteiger partial charge is 0.323 e. The molecule has 0 aliphatic rings. The van der Waals surface area contributed by atoms with Gasteiger partial charge in [-0.3, -0.25) is 9.56 Å². The third kappa shape index (κ3) is 7.82. The minimum absolute atomic E-state index is 0.394. The van der Waals surface area contributed by atoms with E-state index >= 15 is 0 Å². The molecule has 0 aliphatic carbocycles. The molecule has 9 heavy (non-hydrogen) atoms. The third-order valence-corrected chi connectivity index (χ3v) is 1.08. The second kappa shape index (κ2) is 3.11. The molecule has 0 amide bonds. The zero-order chi connectivity index (χ0) is 7.49. The second-order valence-corrected chi connectivity index (χ2v) is 3.52. The lowest BCUT2D eigenvalue weighted by atomic mass is 10.5. The Morgan fingerprint density at radius 2 is 2.00 bits per heavy atom. The van der Waals surface area contributed by atoms with Crippen LogP contribution in [-0.4, -0.2) is 21.8 Å². The molecule has 0 bridgehead atoms. The largest absolute Gasteiger partial charge is 0.346 e. The van der Waals surface area contributed by atoms with Crippen molar-refractivity contribution in [3.8, 4) is 0 Å². The quantitative estimate of drug-likeness (QED) is 0.448. The van der Waals surface area contributed by atoms with Crippen LogP contribution in [-0.2, 0) is 4.57 Å². The molecule has 0 atom stereocenters. The highest BCUT2D eigenvalue weighted by Gasteiger charge is 2.09. The first kappa shape index (κ1) is 8.82. The van der Waals surface area contributed by atoms with E-state index in [1.54, 1.807) is 13.8 Å². The maximum atomic E-state index is 10.1. The van der Waals surface area contributed by atoms with Gasteiger partial charge in [0.05, 0.1) is 0 Å². The zero-order valence-corrected chi connectivity index (χ0v) is 6.30. The molecule has 0 aromatic heterocycles. The van der Waals surface area contributed by atoms with Gasteiger partial charge in [-0.15, -0.1) is 0 Å². The van der Waals surface area contributed by atoms with Gasteiger partial charge in [-0.2, -0.15) is 0 Å². The van der Waals surface area contributed by atoms with Crippen LogP contribution in [0.25, 0.3) is 0 Å². The molecule has 0 spiro atoms. The van der Waals surface area contributed by atoms with Crippen LogP contribution in [0.3, 0.4) is 0 Å². The summed E-state index contributed by atoms with van der Waals surface area (Å²) in [4.78, 5) is 20.1. The fraction of sp³-hybridized carbons (Fsp3) is 0.750. The second-order valence-electron chi connectivity index (χ2n) is 1.91. The third-order valence-electron chi connectivity index (χ3n) is 0.571. The number of nitrogens with zero attached hydrogens (tertiary/aromatic N) is 1. The molecule has 0 saturated heterocycles. The van der Waals surface area contributed by atoms with E-state index in [0.29, 0.717) is 5.71 Å². The Morgan fingerprint density at radius 1 is 1.56 bits per heavy atom. The Morgan fingerprint density at radius 3 is 2.11 bits per heavy atom. The average molecular weight is 151 g/mol. The van der Waals surface area contributed by atoms with Crippen molar-refractivity contribution in [2.24, 2.45) is 4.99 Å². The van der Waals surface area contributed by atoms with Crippen molar-refractivity contribution in [1.82, 2.24) is 0 Å². The summed E-state index contributed by atoms with van der Waals surface area (Å²) in [5.41, 5.74) is 0.679. The van der Waals surface area contributed by atoms with Crippen LogP contribution < -0.4 is 0 Å². The van der Waals surface area contributed by atoms with Crippen LogP contribution in [0, 0.1) is 0 Å². The number of rotatable bonds is 2. The Hall–Kier alpha value is -0.180. The van der Waals surface area contributed by atoms with E-state index in [-0.39, 0.29) is 0 Å². The van der Waals surface area contributed by atoms with E-state index in [1.807, 2.05) is 0 Å². The molecule has 0 unspecified atom stereocenters. The first-order chi connectivity index (χ1) is 3.92. The average Bonchev–Trinajstić information content (AvgIpc) is 1.59. The SMILES string of the molecule is CC(C)=NCP(=O)(O)O. The Bertz CT molecular complexity index is 155. The molecule has 2 N–H and O–H groups in total. The van der Waals surface area contributed by atoms with Gasteiger partial charge in [0.15, 0.2) is 0 Å². The van der Waals surface area contributed by atoms with Crippen LogP contribution in [0.15, 0.2) is 4.99 Å². The lowest BCUT2D eigenvalue weighted by molar-refractivity contribution is 0.374. The summed E-state index contributed by atoms with van der Waals surface area (Å²) in [6.45, 7) is 3.38. The summed E-state index contributed by atoms with van der Waals surface area (Å²) in [5.74, 6) is 0. The standard InChI is InChI=1S/C4H10NO3P/c1-4(2)5-3-9(6,7)8/h3H2,1-2H3,(H2,6,7,8). The van der Waals surface area contributed by atoms with Crippen LogP contribution >= 0.6 is 7.60 Å². The Labute approximate surface area is 53.8 Å². The summed E-state index contributed by atoms with van der Waals surface area (Å²) >= 11 is 0. The summed E-state index contributed by atoms with van der Waals surface area (Å²) in [6.07, 6.45) is -0.394. The normalized spacial score (nSPS) is 11.1. The van der Waals surface area contributed by atoms with E-state index in [9.17, 15) is 4.57 Å². The van der Waals surface area contributed by atoms with Crippen molar-refractivity contribution in [3.05, 3.63) is 0 Å². The molecule has 54 valence electrons. The van der Waals surface area contributed by atoms with Gasteiger partial charge in [0, 0.05) is 5.71 Å². The summed E-state index contributed by atoms with van der Waals surface area (Å²) < 4.78 is 10.1. The van der Waals surface area contributed by atoms with Crippen LogP contribution in [0.2, 0.25) is 0 Å². The predicted molar refractivity (Wildman–Crippen MR) is 35.7 cm³/mol. The van der Waals surface area contributed by atoms with Crippen molar-refractivity contribution in [2.45, 2.75) is 13.8 Å². The van der Waals surface area contributed by atoms with E-state index in [4.69, 9.17) is 9.79 Å². The fourth-order valence-corrected chi connectivity index (χ4v) is 0.701. The highest BCUT2D eigenvalue weighted by Crippen LogP contribution is 2.33. The van der Waals surface area contributed by atoms with Gasteiger partial charge in [0.25, 0.3) is 0 Å². The minimum Gasteiger partial charge on any atom is -0.323 e. The molecule has 0 aliphatic heterocycles. The lowest BCUT2D eigenvalue weighted by Crippen LogP contribution is -1.87. The molecule has 5 heteroatoms. The van der Waals surface area contributed by atoms with Gasteiger partial charge < -0.3 is 9.79 Å². The maximum absolute atomic E-state index is 10.1. The van der Waals surface area contributed by atoms with E-state index in [1.165, 1.54) is 0 Å². The zero-order valence-electron chi connectivity index (χ0n) is 5.40. The predicted octanol–water partition coefficient (Wildman–Crippen LogP) is 0.602. The Kier molecular flexibility index (Phi) is 3.04. The van der Waals surface area contributed by atoms with Crippen LogP contribution in [0.1, 0.15) is 13.8 Å². The first-order valence-corrected chi connectivity index (χ1v) is 4.24. The monoisotopic (exact) mass is 151 g/mol. The number of hydrogen-bond donors (Lipinski definition) is 2. The highest BCUT2D eigenvalue weighted by atomic mass is 31.2. The van der Waals surface area contributed by atoms with E-state index in [2.05, 4.69) is 4.99 Å². The molecule has 0 radical (unpaired) electrons. The summed E-state index contributed by atoms with van der Waals surface area (Å²) in [5, 5.41) is 0. The fourth-order valence-electron chi connectivity index (χ4n) is 0.234. The summed E-state index contributed by atoms with van der Waals surface area (Å²) in [6, 6.07) is 0. The molecule has 0 rings (SSSR count). The molecule has 0 fully saturated rings.